The van der Waals surface area contributed by atoms with Gasteiger partial charge in [-0.15, -0.1) is 0 Å². The van der Waals surface area contributed by atoms with Crippen LogP contribution in [0.5, 0.6) is 0 Å². The average Bonchev–Trinajstić information content (AvgIpc) is 3.17. The van der Waals surface area contributed by atoms with Crippen molar-refractivity contribution in [2.45, 2.75) is 26.2 Å². The second kappa shape index (κ2) is 8.65. The molecule has 0 heterocycles. The number of hydrogen-bond acceptors (Lipinski definition) is 0. The molecule has 3 unspecified atom stereocenters. The molecule has 2 aliphatic rings. The first kappa shape index (κ1) is 17.5. The summed E-state index contributed by atoms with van der Waals surface area (Å²) in [7, 11) is 0. The van der Waals surface area contributed by atoms with Gasteiger partial charge in [0.15, 0.2) is 0 Å². The first-order valence-corrected chi connectivity index (χ1v) is 6.88. The maximum Gasteiger partial charge on any atom is 0 e. The molecule has 0 saturated heterocycles. The normalized spacial score (nSPS) is 29.5. The Labute approximate surface area is 139 Å². The van der Waals surface area contributed by atoms with Gasteiger partial charge in [0.2, 0.25) is 0 Å². The number of fused-ring (bicyclic) bond motifs is 2. The van der Waals surface area contributed by atoms with Crippen molar-refractivity contribution in [2.24, 2.45) is 17.3 Å². The molecule has 4 rings (SSSR count). The van der Waals surface area contributed by atoms with Crippen LogP contribution in [0.3, 0.4) is 0 Å². The van der Waals surface area contributed by atoms with Gasteiger partial charge in [-0.3, -0.25) is 5.92 Å². The van der Waals surface area contributed by atoms with Crippen molar-refractivity contribution < 1.29 is 21.7 Å². The fourth-order valence-corrected chi connectivity index (χ4v) is 2.99. The molecule has 2 saturated carbocycles. The molecule has 2 bridgehead atoms. The van der Waals surface area contributed by atoms with E-state index in [1.165, 1.54) is 19.3 Å². The molecule has 0 radical (unpaired) electrons. The van der Waals surface area contributed by atoms with Crippen molar-refractivity contribution in [1.29, 1.82) is 0 Å². The van der Waals surface area contributed by atoms with E-state index in [1.807, 2.05) is 30.3 Å². The third-order valence-electron chi connectivity index (χ3n) is 3.94. The smallest absolute Gasteiger partial charge is 0 e. The summed E-state index contributed by atoms with van der Waals surface area (Å²) in [4.78, 5) is 0. The maximum atomic E-state index is 4.11. The Balaban J connectivity index is 0.000000158. The van der Waals surface area contributed by atoms with Gasteiger partial charge in [-0.1, -0.05) is 32.1 Å². The maximum absolute atomic E-state index is 4.11. The fourth-order valence-electron chi connectivity index (χ4n) is 2.99. The van der Waals surface area contributed by atoms with Gasteiger partial charge in [0.1, 0.15) is 0 Å². The van der Waals surface area contributed by atoms with Crippen molar-refractivity contribution in [3.8, 4) is 0 Å². The van der Waals surface area contributed by atoms with Crippen LogP contribution in [0.2, 0.25) is 0 Å². The molecule has 2 fully saturated rings. The van der Waals surface area contributed by atoms with E-state index >= 15 is 0 Å². The monoisotopic (exact) mass is 296 g/mol. The average molecular weight is 296 g/mol. The third-order valence-corrected chi connectivity index (χ3v) is 3.94. The zero-order valence-corrected chi connectivity index (χ0v) is 13.6. The van der Waals surface area contributed by atoms with Gasteiger partial charge in [0.05, 0.1) is 0 Å². The van der Waals surface area contributed by atoms with E-state index in [4.69, 9.17) is 0 Å². The second-order valence-corrected chi connectivity index (χ2v) is 5.63. The Morgan fingerprint density at radius 2 is 1.85 bits per heavy atom. The largest absolute Gasteiger partial charge is 0.999 e. The Morgan fingerprint density at radius 3 is 2.05 bits per heavy atom. The molecule has 0 aromatic heterocycles. The van der Waals surface area contributed by atoms with E-state index < -0.39 is 0 Å². The second-order valence-electron chi connectivity index (χ2n) is 5.63. The van der Waals surface area contributed by atoms with Crippen LogP contribution < -0.4 is 0 Å². The van der Waals surface area contributed by atoms with Gasteiger partial charge < -0.3 is 43.7 Å². The van der Waals surface area contributed by atoms with Gasteiger partial charge in [0.25, 0.3) is 0 Å². The number of hydrogen-bond donors (Lipinski definition) is 0. The van der Waals surface area contributed by atoms with Gasteiger partial charge in [-0.2, -0.15) is 23.6 Å². The van der Waals surface area contributed by atoms with E-state index in [2.05, 4.69) is 44.5 Å². The van der Waals surface area contributed by atoms with Crippen LogP contribution >= 0.6 is 0 Å². The van der Waals surface area contributed by atoms with E-state index in [1.54, 1.807) is 6.07 Å². The molecule has 0 nitrogen and oxygen atoms in total. The Kier molecular flexibility index (Phi) is 7.55. The zero-order chi connectivity index (χ0) is 13.6. The molecule has 0 aliphatic heterocycles. The van der Waals surface area contributed by atoms with Gasteiger partial charge in [-0.05, 0) is 0 Å². The molecule has 20 heavy (non-hydrogen) atoms. The quantitative estimate of drug-likeness (QED) is 0.497. The van der Waals surface area contributed by atoms with Crippen LogP contribution in [-0.4, -0.2) is 0 Å². The van der Waals surface area contributed by atoms with E-state index in [0.717, 1.165) is 5.92 Å². The summed E-state index contributed by atoms with van der Waals surface area (Å²) in [6, 6.07) is 22.0. The molecule has 0 N–H and O–H groups in total. The molecule has 1 heteroatoms. The van der Waals surface area contributed by atoms with Crippen LogP contribution in [-0.2, 0) is 21.7 Å². The molecule has 0 amide bonds. The fraction of sp³-hybridized carbons (Fsp3) is 0.368. The molecular weight excluding hydrogens is 276 g/mol. The van der Waals surface area contributed by atoms with Gasteiger partial charge in [0, 0.05) is 21.7 Å². The Hall–Kier alpha value is -0.586. The van der Waals surface area contributed by atoms with Crippen molar-refractivity contribution in [3.63, 3.8) is 0 Å². The van der Waals surface area contributed by atoms with Crippen LogP contribution in [0.25, 0.3) is 0 Å². The first-order valence-electron chi connectivity index (χ1n) is 6.88. The van der Waals surface area contributed by atoms with Gasteiger partial charge >= 0.3 is 0 Å². The van der Waals surface area contributed by atoms with Crippen molar-refractivity contribution in [1.82, 2.24) is 0 Å². The van der Waals surface area contributed by atoms with E-state index in [-0.39, 0.29) is 21.7 Å². The minimum absolute atomic E-state index is 0. The molecule has 2 aromatic carbocycles. The minimum atomic E-state index is 0. The van der Waals surface area contributed by atoms with E-state index in [9.17, 15) is 0 Å². The molecule has 2 aromatic rings. The Morgan fingerprint density at radius 1 is 1.20 bits per heavy atom. The Bertz CT molecular complexity index is 350. The molecule has 3 atom stereocenters. The summed E-state index contributed by atoms with van der Waals surface area (Å²) >= 11 is 0. The standard InChI is InChI=1S/C9H14.C5H5.C5H.Ti/c1-7-5-9(2)4-3-8(7)6-9;2*1-2-4-5-3-1;/h5,7-8H,1,3-4,6H2,2H3;1-5H;1H;/q-2;-1;-5;. The third kappa shape index (κ3) is 5.42. The van der Waals surface area contributed by atoms with E-state index in [0.29, 0.717) is 11.3 Å². The van der Waals surface area contributed by atoms with Crippen LogP contribution in [0.4, 0.5) is 0 Å². The van der Waals surface area contributed by atoms with Crippen LogP contribution in [0.1, 0.15) is 26.2 Å². The molecule has 2 aliphatic carbocycles. The predicted octanol–water partition coefficient (Wildman–Crippen LogP) is 4.47. The minimum Gasteiger partial charge on any atom is -0.999 e. The summed E-state index contributed by atoms with van der Waals surface area (Å²) in [6.07, 6.45) is 6.73. The number of rotatable bonds is 0. The predicted molar refractivity (Wildman–Crippen MR) is 78.0 cm³/mol. The van der Waals surface area contributed by atoms with Crippen molar-refractivity contribution in [3.05, 3.63) is 74.0 Å². The SMILES string of the molecule is [CH2-]C1[CH-]C2(C)CCC1C2.[Ti].[c-]1[c-][c-][cH-][c-]1.c1cc[cH-]c1. The molecule has 108 valence electrons. The first-order chi connectivity index (χ1) is 9.20. The van der Waals surface area contributed by atoms with Gasteiger partial charge in [-0.25, -0.2) is 12.1 Å². The topological polar surface area (TPSA) is 0 Å². The molecule has 0 spiro atoms. The van der Waals surface area contributed by atoms with Crippen LogP contribution in [0.15, 0.2) is 36.4 Å². The van der Waals surface area contributed by atoms with Crippen molar-refractivity contribution >= 4 is 0 Å². The summed E-state index contributed by atoms with van der Waals surface area (Å²) in [5.41, 5.74) is 0.594. The zero-order valence-electron chi connectivity index (χ0n) is 12.0. The van der Waals surface area contributed by atoms with Crippen LogP contribution in [0, 0.1) is 54.9 Å². The summed E-state index contributed by atoms with van der Waals surface area (Å²) in [5.74, 6) is 1.61. The van der Waals surface area contributed by atoms with Crippen molar-refractivity contribution in [2.75, 3.05) is 0 Å². The summed E-state index contributed by atoms with van der Waals surface area (Å²) in [5, 5.41) is 0. The molecular formula is C19H20Ti-8. The summed E-state index contributed by atoms with van der Waals surface area (Å²) in [6.45, 7) is 6.48. The summed E-state index contributed by atoms with van der Waals surface area (Å²) < 4.78 is 0.